The molecule has 1 saturated carbocycles. The second-order valence-corrected chi connectivity index (χ2v) is 5.22. The zero-order valence-electron chi connectivity index (χ0n) is 12.2. The Labute approximate surface area is 125 Å². The molecular weight excluding hydrogens is 305 g/mol. The number of esters is 1. The molecule has 1 aliphatic carbocycles. The van der Waals surface area contributed by atoms with E-state index in [2.05, 4.69) is 10.2 Å². The van der Waals surface area contributed by atoms with Gasteiger partial charge in [-0.3, -0.25) is 25.2 Å². The van der Waals surface area contributed by atoms with E-state index in [1.807, 2.05) is 5.43 Å². The summed E-state index contributed by atoms with van der Waals surface area (Å²) in [6, 6.07) is 0. The van der Waals surface area contributed by atoms with E-state index in [-0.39, 0.29) is 17.8 Å². The van der Waals surface area contributed by atoms with Gasteiger partial charge in [-0.1, -0.05) is 0 Å². The van der Waals surface area contributed by atoms with Crippen LogP contribution in [0.1, 0.15) is 38.5 Å². The molecule has 0 aromatic rings. The fraction of sp³-hybridized carbons (Fsp3) is 0.769. The molecule has 0 unspecified atom stereocenters. The molecule has 9 heteroatoms. The Kier molecular flexibility index (Phi) is 6.63. The van der Waals surface area contributed by atoms with Crippen LogP contribution in [0.5, 0.6) is 0 Å². The number of carbonyl (C=O) groups excluding carboxylic acids is 3. The molecule has 126 valence electrons. The van der Waals surface area contributed by atoms with Gasteiger partial charge in [0.15, 0.2) is 0 Å². The SMILES string of the molecule is COC(=O)C1CCC(C(=O)NNC(=O)CCC(F)(F)F)CC1. The molecule has 0 bridgehead atoms. The van der Waals surface area contributed by atoms with Crippen molar-refractivity contribution >= 4 is 17.8 Å². The zero-order valence-corrected chi connectivity index (χ0v) is 12.2. The van der Waals surface area contributed by atoms with Crippen LogP contribution in [0, 0.1) is 11.8 Å². The summed E-state index contributed by atoms with van der Waals surface area (Å²) in [6.07, 6.45) is -4.45. The number of methoxy groups -OCH3 is 1. The fourth-order valence-corrected chi connectivity index (χ4v) is 2.31. The summed E-state index contributed by atoms with van der Waals surface area (Å²) >= 11 is 0. The summed E-state index contributed by atoms with van der Waals surface area (Å²) in [6.45, 7) is 0. The number of hydrogen-bond donors (Lipinski definition) is 2. The van der Waals surface area contributed by atoms with E-state index in [9.17, 15) is 27.6 Å². The maximum atomic E-state index is 11.9. The first-order chi connectivity index (χ1) is 10.2. The summed E-state index contributed by atoms with van der Waals surface area (Å²) in [5, 5.41) is 0. The lowest BCUT2D eigenvalue weighted by Gasteiger charge is -2.26. The van der Waals surface area contributed by atoms with Gasteiger partial charge < -0.3 is 4.74 Å². The third-order valence-electron chi connectivity index (χ3n) is 3.59. The summed E-state index contributed by atoms with van der Waals surface area (Å²) in [4.78, 5) is 34.3. The average Bonchev–Trinajstić information content (AvgIpc) is 2.49. The van der Waals surface area contributed by atoms with Gasteiger partial charge in [-0.15, -0.1) is 0 Å². The predicted octanol–water partition coefficient (Wildman–Crippen LogP) is 1.46. The van der Waals surface area contributed by atoms with Gasteiger partial charge in [0.1, 0.15) is 0 Å². The minimum Gasteiger partial charge on any atom is -0.469 e. The Hall–Kier alpha value is -1.80. The molecule has 0 atom stereocenters. The third-order valence-corrected chi connectivity index (χ3v) is 3.59. The fourth-order valence-electron chi connectivity index (χ4n) is 2.31. The molecule has 0 saturated heterocycles. The smallest absolute Gasteiger partial charge is 0.389 e. The largest absolute Gasteiger partial charge is 0.469 e. The lowest BCUT2D eigenvalue weighted by molar-refractivity contribution is -0.148. The number of halogens is 3. The molecule has 2 N–H and O–H groups in total. The molecule has 0 heterocycles. The van der Waals surface area contributed by atoms with E-state index < -0.39 is 30.8 Å². The zero-order chi connectivity index (χ0) is 16.8. The lowest BCUT2D eigenvalue weighted by Crippen LogP contribution is -2.45. The second-order valence-electron chi connectivity index (χ2n) is 5.22. The van der Waals surface area contributed by atoms with Crippen molar-refractivity contribution in [1.29, 1.82) is 0 Å². The van der Waals surface area contributed by atoms with E-state index in [1.165, 1.54) is 7.11 Å². The van der Waals surface area contributed by atoms with Crippen molar-refractivity contribution in [3.63, 3.8) is 0 Å². The van der Waals surface area contributed by atoms with E-state index in [0.717, 1.165) is 0 Å². The molecule has 1 rings (SSSR count). The first kappa shape index (κ1) is 18.2. The Bertz CT molecular complexity index is 418. The number of carbonyl (C=O) groups is 3. The Balaban J connectivity index is 2.26. The number of ether oxygens (including phenoxy) is 1. The van der Waals surface area contributed by atoms with Gasteiger partial charge in [0, 0.05) is 12.3 Å². The van der Waals surface area contributed by atoms with Gasteiger partial charge >= 0.3 is 12.1 Å². The van der Waals surface area contributed by atoms with Crippen molar-refractivity contribution in [3.8, 4) is 0 Å². The minimum absolute atomic E-state index is 0.226. The second kappa shape index (κ2) is 8.00. The summed E-state index contributed by atoms with van der Waals surface area (Å²) in [5.41, 5.74) is 4.09. The van der Waals surface area contributed by atoms with Gasteiger partial charge in [-0.05, 0) is 25.7 Å². The number of alkyl halides is 3. The van der Waals surface area contributed by atoms with Crippen molar-refractivity contribution in [2.45, 2.75) is 44.7 Å². The number of amides is 2. The molecule has 1 fully saturated rings. The minimum atomic E-state index is -4.41. The molecule has 0 radical (unpaired) electrons. The molecule has 0 aromatic heterocycles. The standard InChI is InChI=1S/C13H19F3N2O4/c1-22-12(21)9-4-2-8(3-5-9)11(20)18-17-10(19)6-7-13(14,15)16/h8-9H,2-7H2,1H3,(H,17,19)(H,18,20). The number of nitrogens with one attached hydrogen (secondary N) is 2. The molecule has 22 heavy (non-hydrogen) atoms. The number of rotatable bonds is 4. The maximum absolute atomic E-state index is 11.9. The topological polar surface area (TPSA) is 84.5 Å². The summed E-state index contributed by atoms with van der Waals surface area (Å²) in [7, 11) is 1.30. The van der Waals surface area contributed by atoms with Crippen LogP contribution in [0.2, 0.25) is 0 Å². The highest BCUT2D eigenvalue weighted by Crippen LogP contribution is 2.29. The van der Waals surface area contributed by atoms with Crippen LogP contribution < -0.4 is 10.9 Å². The van der Waals surface area contributed by atoms with Crippen LogP contribution in [0.25, 0.3) is 0 Å². The van der Waals surface area contributed by atoms with Crippen molar-refractivity contribution in [3.05, 3.63) is 0 Å². The maximum Gasteiger partial charge on any atom is 0.389 e. The van der Waals surface area contributed by atoms with Gasteiger partial charge in [0.2, 0.25) is 11.8 Å². The van der Waals surface area contributed by atoms with E-state index in [1.54, 1.807) is 0 Å². The summed E-state index contributed by atoms with van der Waals surface area (Å²) < 4.78 is 40.4. The van der Waals surface area contributed by atoms with Crippen molar-refractivity contribution in [1.82, 2.24) is 10.9 Å². The van der Waals surface area contributed by atoms with Gasteiger partial charge in [0.05, 0.1) is 19.4 Å². The van der Waals surface area contributed by atoms with Crippen molar-refractivity contribution < 1.29 is 32.3 Å². The first-order valence-electron chi connectivity index (χ1n) is 6.96. The first-order valence-corrected chi connectivity index (χ1v) is 6.96. The normalized spacial score (nSPS) is 21.8. The molecule has 0 spiro atoms. The quantitative estimate of drug-likeness (QED) is 0.606. The average molecular weight is 324 g/mol. The highest BCUT2D eigenvalue weighted by atomic mass is 19.4. The Morgan fingerprint density at radius 3 is 2.09 bits per heavy atom. The molecular formula is C13H19F3N2O4. The highest BCUT2D eigenvalue weighted by molar-refractivity contribution is 5.83. The van der Waals surface area contributed by atoms with Crippen LogP contribution >= 0.6 is 0 Å². The molecule has 6 nitrogen and oxygen atoms in total. The Morgan fingerprint density at radius 2 is 1.59 bits per heavy atom. The highest BCUT2D eigenvalue weighted by Gasteiger charge is 2.31. The van der Waals surface area contributed by atoms with Crippen LogP contribution in [0.15, 0.2) is 0 Å². The van der Waals surface area contributed by atoms with Crippen molar-refractivity contribution in [2.24, 2.45) is 11.8 Å². The molecule has 0 aromatic carbocycles. The molecule has 2 amide bonds. The molecule has 1 aliphatic rings. The third kappa shape index (κ3) is 6.31. The van der Waals surface area contributed by atoms with Gasteiger partial charge in [0.25, 0.3) is 0 Å². The van der Waals surface area contributed by atoms with Crippen LogP contribution in [-0.4, -0.2) is 31.1 Å². The van der Waals surface area contributed by atoms with E-state index >= 15 is 0 Å². The predicted molar refractivity (Wildman–Crippen MR) is 69.0 cm³/mol. The number of hydrogen-bond acceptors (Lipinski definition) is 4. The van der Waals surface area contributed by atoms with E-state index in [0.29, 0.717) is 25.7 Å². The van der Waals surface area contributed by atoms with Gasteiger partial charge in [-0.25, -0.2) is 0 Å². The van der Waals surface area contributed by atoms with Crippen LogP contribution in [-0.2, 0) is 19.1 Å². The Morgan fingerprint density at radius 1 is 1.05 bits per heavy atom. The van der Waals surface area contributed by atoms with Crippen LogP contribution in [0.3, 0.4) is 0 Å². The summed E-state index contributed by atoms with van der Waals surface area (Å²) in [5.74, 6) is -2.25. The van der Waals surface area contributed by atoms with E-state index in [4.69, 9.17) is 0 Å². The number of hydrazine groups is 1. The molecule has 0 aliphatic heterocycles. The monoisotopic (exact) mass is 324 g/mol. The van der Waals surface area contributed by atoms with Crippen molar-refractivity contribution in [2.75, 3.05) is 7.11 Å². The lowest BCUT2D eigenvalue weighted by atomic mass is 9.82. The van der Waals surface area contributed by atoms with Gasteiger partial charge in [-0.2, -0.15) is 13.2 Å². The van der Waals surface area contributed by atoms with Crippen LogP contribution in [0.4, 0.5) is 13.2 Å².